The molecule has 4 heteroatoms. The zero-order valence-corrected chi connectivity index (χ0v) is 8.88. The van der Waals surface area contributed by atoms with Crippen molar-refractivity contribution in [2.75, 3.05) is 6.61 Å². The van der Waals surface area contributed by atoms with Crippen molar-refractivity contribution in [1.82, 2.24) is 0 Å². The summed E-state index contributed by atoms with van der Waals surface area (Å²) in [5.74, 6) is 0.406. The van der Waals surface area contributed by atoms with E-state index in [1.165, 1.54) is 0 Å². The molecule has 0 spiro atoms. The first-order valence-corrected chi connectivity index (χ1v) is 4.56. The van der Waals surface area contributed by atoms with E-state index in [0.29, 0.717) is 20.8 Å². The lowest BCUT2D eigenvalue weighted by atomic mass is 10.3. The normalized spacial score (nSPS) is 9.77. The lowest BCUT2D eigenvalue weighted by Gasteiger charge is -2.07. The van der Waals surface area contributed by atoms with E-state index < -0.39 is 0 Å². The van der Waals surface area contributed by atoms with Crippen LogP contribution < -0.4 is 4.74 Å². The van der Waals surface area contributed by atoms with Crippen LogP contribution in [0, 0.1) is 6.08 Å². The largest absolute Gasteiger partial charge is 0.486 e. The zero-order chi connectivity index (χ0) is 9.84. The van der Waals surface area contributed by atoms with Crippen molar-refractivity contribution in [2.45, 2.75) is 0 Å². The lowest BCUT2D eigenvalue weighted by Crippen LogP contribution is -1.94. The number of hydrogen-bond acceptors (Lipinski definition) is 1. The van der Waals surface area contributed by atoms with Gasteiger partial charge >= 0.3 is 0 Å². The Morgan fingerprint density at radius 3 is 2.23 bits per heavy atom. The van der Waals surface area contributed by atoms with Gasteiger partial charge in [0.1, 0.15) is 6.61 Å². The molecule has 69 valence electrons. The maximum absolute atomic E-state index is 5.83. The molecule has 0 amide bonds. The van der Waals surface area contributed by atoms with Crippen LogP contribution in [0.4, 0.5) is 0 Å². The molecule has 0 aromatic heterocycles. The number of rotatable bonds is 3. The zero-order valence-electron chi connectivity index (χ0n) is 6.61. The van der Waals surface area contributed by atoms with Gasteiger partial charge in [0.2, 0.25) is 0 Å². The highest BCUT2D eigenvalue weighted by Gasteiger charge is 2.07. The van der Waals surface area contributed by atoms with Crippen molar-refractivity contribution in [3.63, 3.8) is 0 Å². The van der Waals surface area contributed by atoms with Gasteiger partial charge in [-0.3, -0.25) is 0 Å². The Morgan fingerprint density at radius 1 is 1.23 bits per heavy atom. The molecule has 1 aromatic carbocycles. The van der Waals surface area contributed by atoms with E-state index in [1.54, 1.807) is 12.1 Å². The summed E-state index contributed by atoms with van der Waals surface area (Å²) in [4.78, 5) is 0. The van der Waals surface area contributed by atoms with Gasteiger partial charge in [0.05, 0.1) is 10.0 Å². The molecular formula is C9H6Cl3O. The number of benzene rings is 1. The lowest BCUT2D eigenvalue weighted by molar-refractivity contribution is 0.358. The number of ether oxygens (including phenoxy) is 1. The second-order valence-corrected chi connectivity index (χ2v) is 3.49. The topological polar surface area (TPSA) is 9.23 Å². The third kappa shape index (κ3) is 2.80. The fraction of sp³-hybridized carbons (Fsp3) is 0.111. The van der Waals surface area contributed by atoms with Crippen LogP contribution in [0.3, 0.4) is 0 Å². The van der Waals surface area contributed by atoms with Crippen molar-refractivity contribution in [2.24, 2.45) is 0 Å². The van der Waals surface area contributed by atoms with Crippen LogP contribution in [0.15, 0.2) is 18.7 Å². The van der Waals surface area contributed by atoms with E-state index in [1.807, 2.05) is 0 Å². The van der Waals surface area contributed by atoms with Gasteiger partial charge in [0, 0.05) is 5.02 Å². The van der Waals surface area contributed by atoms with Gasteiger partial charge in [0.15, 0.2) is 5.75 Å². The summed E-state index contributed by atoms with van der Waals surface area (Å²) < 4.78 is 5.18. The quantitative estimate of drug-likeness (QED) is 0.770. The summed E-state index contributed by atoms with van der Waals surface area (Å²) in [6.07, 6.45) is 2.56. The van der Waals surface area contributed by atoms with E-state index in [0.717, 1.165) is 0 Å². The first-order chi connectivity index (χ1) is 6.15. The summed E-state index contributed by atoms with van der Waals surface area (Å²) in [7, 11) is 0. The molecule has 0 aliphatic heterocycles. The summed E-state index contributed by atoms with van der Waals surface area (Å²) >= 11 is 17.4. The van der Waals surface area contributed by atoms with E-state index in [9.17, 15) is 0 Å². The summed E-state index contributed by atoms with van der Waals surface area (Å²) in [6, 6.07) is 3.13. The fourth-order valence-corrected chi connectivity index (χ4v) is 1.72. The Kier molecular flexibility index (Phi) is 3.91. The average molecular weight is 237 g/mol. The van der Waals surface area contributed by atoms with E-state index >= 15 is 0 Å². The summed E-state index contributed by atoms with van der Waals surface area (Å²) in [5, 5.41) is 1.24. The van der Waals surface area contributed by atoms with E-state index in [4.69, 9.17) is 39.5 Å². The molecule has 0 saturated heterocycles. The van der Waals surface area contributed by atoms with E-state index in [-0.39, 0.29) is 6.61 Å². The van der Waals surface area contributed by atoms with Gasteiger partial charge < -0.3 is 4.74 Å². The van der Waals surface area contributed by atoms with Crippen LogP contribution in [-0.4, -0.2) is 6.61 Å². The molecule has 0 N–H and O–H groups in total. The number of halogens is 3. The number of hydrogen-bond donors (Lipinski definition) is 0. The molecule has 0 unspecified atom stereocenters. The molecule has 0 bridgehead atoms. The van der Waals surface area contributed by atoms with Gasteiger partial charge in [-0.1, -0.05) is 41.4 Å². The van der Waals surface area contributed by atoms with E-state index in [2.05, 4.69) is 12.7 Å². The Balaban J connectivity index is 2.98. The maximum Gasteiger partial charge on any atom is 0.157 e. The summed E-state index contributed by atoms with van der Waals surface area (Å²) in [5.41, 5.74) is 0. The molecule has 1 radical (unpaired) electrons. The molecule has 1 nitrogen and oxygen atoms in total. The molecule has 0 heterocycles. The van der Waals surface area contributed by atoms with Crippen molar-refractivity contribution in [3.8, 4) is 5.75 Å². The van der Waals surface area contributed by atoms with Gasteiger partial charge in [0.25, 0.3) is 0 Å². The SMILES string of the molecule is C=[C]COc1c(Cl)cc(Cl)cc1Cl. The standard InChI is InChI=1S/C9H6Cl3O/c1-2-3-13-9-7(11)4-6(10)5-8(9)12/h4-5H,1,3H2. The van der Waals surface area contributed by atoms with Crippen LogP contribution >= 0.6 is 34.8 Å². The van der Waals surface area contributed by atoms with Crippen molar-refractivity contribution < 1.29 is 4.74 Å². The molecule has 1 rings (SSSR count). The molecule has 13 heavy (non-hydrogen) atoms. The smallest absolute Gasteiger partial charge is 0.157 e. The minimum atomic E-state index is 0.237. The van der Waals surface area contributed by atoms with Crippen molar-refractivity contribution >= 4 is 34.8 Å². The van der Waals surface area contributed by atoms with Gasteiger partial charge in [-0.15, -0.1) is 0 Å². The molecule has 0 aliphatic carbocycles. The van der Waals surface area contributed by atoms with Crippen LogP contribution in [0.2, 0.25) is 15.1 Å². The molecular weight excluding hydrogens is 230 g/mol. The molecule has 0 saturated carbocycles. The van der Waals surface area contributed by atoms with Gasteiger partial charge in [-0.05, 0) is 18.2 Å². The predicted octanol–water partition coefficient (Wildman–Crippen LogP) is 4.01. The monoisotopic (exact) mass is 235 g/mol. The summed E-state index contributed by atoms with van der Waals surface area (Å²) in [6.45, 7) is 3.63. The third-order valence-electron chi connectivity index (χ3n) is 1.28. The van der Waals surface area contributed by atoms with Crippen molar-refractivity contribution in [1.29, 1.82) is 0 Å². The van der Waals surface area contributed by atoms with Crippen LogP contribution in [-0.2, 0) is 0 Å². The predicted molar refractivity (Wildman–Crippen MR) is 55.8 cm³/mol. The Bertz CT molecular complexity index is 300. The second kappa shape index (κ2) is 4.75. The minimum Gasteiger partial charge on any atom is -0.486 e. The first kappa shape index (κ1) is 10.7. The molecule has 1 aromatic rings. The Morgan fingerprint density at radius 2 is 1.77 bits per heavy atom. The van der Waals surface area contributed by atoms with Crippen LogP contribution in [0.25, 0.3) is 0 Å². The fourth-order valence-electron chi connectivity index (χ4n) is 0.790. The second-order valence-electron chi connectivity index (χ2n) is 2.24. The highest BCUT2D eigenvalue weighted by atomic mass is 35.5. The highest BCUT2D eigenvalue weighted by molar-refractivity contribution is 6.40. The molecule has 0 atom stereocenters. The maximum atomic E-state index is 5.83. The van der Waals surface area contributed by atoms with Crippen LogP contribution in [0.5, 0.6) is 5.75 Å². The average Bonchev–Trinajstić information content (AvgIpc) is 2.02. The molecule has 0 aliphatic rings. The molecule has 0 fully saturated rings. The Labute approximate surface area is 91.9 Å². The Hall–Kier alpha value is -0.370. The minimum absolute atomic E-state index is 0.237. The third-order valence-corrected chi connectivity index (χ3v) is 2.06. The van der Waals surface area contributed by atoms with Gasteiger partial charge in [-0.25, -0.2) is 0 Å². The van der Waals surface area contributed by atoms with Gasteiger partial charge in [-0.2, -0.15) is 0 Å². The van der Waals surface area contributed by atoms with Crippen molar-refractivity contribution in [3.05, 3.63) is 39.9 Å². The van der Waals surface area contributed by atoms with Crippen LogP contribution in [0.1, 0.15) is 0 Å². The first-order valence-electron chi connectivity index (χ1n) is 3.42. The highest BCUT2D eigenvalue weighted by Crippen LogP contribution is 2.35.